The predicted octanol–water partition coefficient (Wildman–Crippen LogP) is 6.17. The van der Waals surface area contributed by atoms with Crippen molar-refractivity contribution in [2.24, 2.45) is 4.99 Å². The molecule has 1 N–H and O–H groups in total. The standard InChI is InChI=1S/C28H25N5O2S2/c1-4-30-21-13-12-18(16-29)15-22(21)31-28-33(17-19-8-7-9-20(14-19)35-3)26(34)25(37-28)27-32(2)23-10-5-6-11-24(23)36-27/h5-15,30H,4,17H2,1-3H3/b27-25-,31-28?. The molecule has 37 heavy (non-hydrogen) atoms. The van der Waals surface area contributed by atoms with E-state index in [1.165, 1.54) is 11.8 Å². The first kappa shape index (κ1) is 24.8. The number of nitrogens with one attached hydrogen (secondary N) is 1. The number of rotatable bonds is 6. The number of para-hydroxylation sites is 1. The van der Waals surface area contributed by atoms with E-state index >= 15 is 0 Å². The van der Waals surface area contributed by atoms with Crippen LogP contribution < -0.4 is 15.0 Å². The van der Waals surface area contributed by atoms with E-state index in [1.807, 2.05) is 56.4 Å². The molecule has 3 aromatic rings. The Morgan fingerprint density at radius 3 is 2.68 bits per heavy atom. The normalized spacial score (nSPS) is 17.8. The summed E-state index contributed by atoms with van der Waals surface area (Å²) in [5.74, 6) is 0.627. The van der Waals surface area contributed by atoms with Crippen molar-refractivity contribution in [3.8, 4) is 11.8 Å². The number of ether oxygens (including phenoxy) is 1. The van der Waals surface area contributed by atoms with E-state index < -0.39 is 0 Å². The van der Waals surface area contributed by atoms with Crippen LogP contribution in [-0.4, -0.2) is 36.7 Å². The van der Waals surface area contributed by atoms with Crippen LogP contribution in [0.1, 0.15) is 18.1 Å². The molecule has 0 atom stereocenters. The van der Waals surface area contributed by atoms with Gasteiger partial charge in [0.25, 0.3) is 5.91 Å². The molecule has 3 aromatic carbocycles. The molecule has 0 aliphatic carbocycles. The minimum atomic E-state index is -0.102. The minimum absolute atomic E-state index is 0.102. The van der Waals surface area contributed by atoms with Crippen molar-refractivity contribution in [2.75, 3.05) is 30.9 Å². The van der Waals surface area contributed by atoms with Crippen LogP contribution in [0.5, 0.6) is 5.75 Å². The largest absolute Gasteiger partial charge is 0.497 e. The lowest BCUT2D eigenvalue weighted by molar-refractivity contribution is -0.122. The van der Waals surface area contributed by atoms with Crippen LogP contribution in [0.3, 0.4) is 0 Å². The number of benzene rings is 3. The van der Waals surface area contributed by atoms with Crippen LogP contribution >= 0.6 is 23.5 Å². The van der Waals surface area contributed by atoms with Gasteiger partial charge >= 0.3 is 0 Å². The van der Waals surface area contributed by atoms with Gasteiger partial charge in [0.15, 0.2) is 5.17 Å². The highest BCUT2D eigenvalue weighted by Gasteiger charge is 2.39. The van der Waals surface area contributed by atoms with Crippen molar-refractivity contribution in [2.45, 2.75) is 18.4 Å². The molecule has 1 amide bonds. The molecule has 0 spiro atoms. The summed E-state index contributed by atoms with van der Waals surface area (Å²) in [6.45, 7) is 3.05. The van der Waals surface area contributed by atoms with Crippen molar-refractivity contribution >= 4 is 51.7 Å². The topological polar surface area (TPSA) is 81.0 Å². The molecule has 1 fully saturated rings. The molecule has 1 saturated heterocycles. The van der Waals surface area contributed by atoms with Crippen LogP contribution in [0.2, 0.25) is 0 Å². The summed E-state index contributed by atoms with van der Waals surface area (Å²) in [6, 6.07) is 23.4. The molecule has 5 rings (SSSR count). The monoisotopic (exact) mass is 527 g/mol. The highest BCUT2D eigenvalue weighted by molar-refractivity contribution is 8.19. The fourth-order valence-electron chi connectivity index (χ4n) is 4.15. The van der Waals surface area contributed by atoms with Crippen LogP contribution in [0.4, 0.5) is 17.1 Å². The smallest absolute Gasteiger partial charge is 0.269 e. The lowest BCUT2D eigenvalue weighted by atomic mass is 10.2. The molecule has 0 radical (unpaired) electrons. The number of amides is 1. The lowest BCUT2D eigenvalue weighted by Gasteiger charge is -2.17. The van der Waals surface area contributed by atoms with Gasteiger partial charge in [-0.25, -0.2) is 4.99 Å². The second kappa shape index (κ2) is 10.6. The number of anilines is 2. The lowest BCUT2D eigenvalue weighted by Crippen LogP contribution is -2.29. The van der Waals surface area contributed by atoms with Gasteiger partial charge in [-0.05, 0) is 66.7 Å². The molecule has 0 saturated carbocycles. The zero-order valence-corrected chi connectivity index (χ0v) is 22.3. The van der Waals surface area contributed by atoms with Gasteiger partial charge in [-0.15, -0.1) is 0 Å². The van der Waals surface area contributed by atoms with E-state index in [-0.39, 0.29) is 5.91 Å². The van der Waals surface area contributed by atoms with Gasteiger partial charge in [0.05, 0.1) is 47.4 Å². The Hall–Kier alpha value is -3.87. The van der Waals surface area contributed by atoms with Crippen molar-refractivity contribution in [1.29, 1.82) is 5.26 Å². The quantitative estimate of drug-likeness (QED) is 0.384. The molecule has 2 heterocycles. The molecule has 0 unspecified atom stereocenters. The number of hydrogen-bond acceptors (Lipinski definition) is 8. The third-order valence-electron chi connectivity index (χ3n) is 5.98. The SMILES string of the molecule is CCNc1ccc(C#N)cc1N=C1S/C(=C2\Sc3ccccc3N2C)C(=O)N1Cc1cccc(OC)c1. The highest BCUT2D eigenvalue weighted by atomic mass is 32.2. The van der Waals surface area contributed by atoms with Crippen molar-refractivity contribution in [3.05, 3.63) is 87.8 Å². The average Bonchev–Trinajstić information content (AvgIpc) is 3.41. The summed E-state index contributed by atoms with van der Waals surface area (Å²) in [7, 11) is 3.61. The van der Waals surface area contributed by atoms with E-state index in [9.17, 15) is 10.1 Å². The summed E-state index contributed by atoms with van der Waals surface area (Å²) < 4.78 is 5.39. The summed E-state index contributed by atoms with van der Waals surface area (Å²) >= 11 is 2.96. The summed E-state index contributed by atoms with van der Waals surface area (Å²) in [6.07, 6.45) is 0. The number of amidine groups is 1. The Morgan fingerprint density at radius 2 is 1.92 bits per heavy atom. The number of aliphatic imine (C=N–C) groups is 1. The molecule has 186 valence electrons. The Labute approximate surface area is 224 Å². The Kier molecular flexibility index (Phi) is 7.12. The summed E-state index contributed by atoms with van der Waals surface area (Å²) in [5.41, 5.74) is 3.94. The summed E-state index contributed by atoms with van der Waals surface area (Å²) in [5, 5.41) is 14.2. The fraction of sp³-hybridized carbons (Fsp3) is 0.179. The number of fused-ring (bicyclic) bond motifs is 1. The van der Waals surface area contributed by atoms with Crippen molar-refractivity contribution in [1.82, 2.24) is 4.90 Å². The second-order valence-corrected chi connectivity index (χ2v) is 10.4. The number of nitrogens with zero attached hydrogens (tertiary/aromatic N) is 4. The number of carbonyl (C=O) groups excluding carboxylic acids is 1. The molecule has 0 aromatic heterocycles. The number of nitriles is 1. The van der Waals surface area contributed by atoms with Gasteiger partial charge in [0, 0.05) is 18.5 Å². The maximum Gasteiger partial charge on any atom is 0.269 e. The maximum absolute atomic E-state index is 13.9. The van der Waals surface area contributed by atoms with Gasteiger partial charge in [-0.1, -0.05) is 36.0 Å². The van der Waals surface area contributed by atoms with Gasteiger partial charge in [0.2, 0.25) is 0 Å². The molecule has 2 aliphatic heterocycles. The van der Waals surface area contributed by atoms with Crippen LogP contribution in [-0.2, 0) is 11.3 Å². The number of carbonyl (C=O) groups is 1. The zero-order valence-electron chi connectivity index (χ0n) is 20.7. The van der Waals surface area contributed by atoms with E-state index in [2.05, 4.69) is 28.4 Å². The highest BCUT2D eigenvalue weighted by Crippen LogP contribution is 2.50. The zero-order chi connectivity index (χ0) is 25.9. The maximum atomic E-state index is 13.9. The minimum Gasteiger partial charge on any atom is -0.497 e. The molecule has 2 aliphatic rings. The number of thioether (sulfide) groups is 2. The van der Waals surface area contributed by atoms with Crippen LogP contribution in [0.15, 0.2) is 86.6 Å². The molecular weight excluding hydrogens is 502 g/mol. The average molecular weight is 528 g/mol. The number of methoxy groups -OCH3 is 1. The first-order valence-corrected chi connectivity index (χ1v) is 13.4. The van der Waals surface area contributed by atoms with E-state index in [1.54, 1.807) is 35.9 Å². The predicted molar refractivity (Wildman–Crippen MR) is 151 cm³/mol. The van der Waals surface area contributed by atoms with Gasteiger partial charge in [-0.3, -0.25) is 9.69 Å². The molecular formula is C28H25N5O2S2. The van der Waals surface area contributed by atoms with Crippen molar-refractivity contribution in [3.63, 3.8) is 0 Å². The summed E-state index contributed by atoms with van der Waals surface area (Å²) in [4.78, 5) is 24.3. The van der Waals surface area contributed by atoms with Gasteiger partial charge in [0.1, 0.15) is 10.7 Å². The van der Waals surface area contributed by atoms with E-state index in [0.717, 1.165) is 32.6 Å². The van der Waals surface area contributed by atoms with Gasteiger partial charge < -0.3 is 15.0 Å². The Bertz CT molecular complexity index is 1480. The van der Waals surface area contributed by atoms with Gasteiger partial charge in [-0.2, -0.15) is 5.26 Å². The van der Waals surface area contributed by atoms with E-state index in [4.69, 9.17) is 9.73 Å². The second-order valence-electron chi connectivity index (χ2n) is 8.38. The van der Waals surface area contributed by atoms with Crippen LogP contribution in [0.25, 0.3) is 0 Å². The third-order valence-corrected chi connectivity index (χ3v) is 8.41. The Morgan fingerprint density at radius 1 is 1.08 bits per heavy atom. The molecule has 0 bridgehead atoms. The first-order chi connectivity index (χ1) is 18.0. The fourth-order valence-corrected chi connectivity index (χ4v) is 6.48. The van der Waals surface area contributed by atoms with E-state index in [0.29, 0.717) is 34.4 Å². The molecule has 7 nitrogen and oxygen atoms in total. The number of hydrogen-bond donors (Lipinski definition) is 1. The van der Waals surface area contributed by atoms with Crippen molar-refractivity contribution < 1.29 is 9.53 Å². The Balaban J connectivity index is 1.60. The van der Waals surface area contributed by atoms with Crippen LogP contribution in [0, 0.1) is 11.3 Å². The molecule has 9 heteroatoms. The third kappa shape index (κ3) is 4.90. The first-order valence-electron chi connectivity index (χ1n) is 11.8.